The number of nitrogen functional groups attached to an aromatic ring is 1. The summed E-state index contributed by atoms with van der Waals surface area (Å²) in [6.07, 6.45) is -1.19. The first-order valence-electron chi connectivity index (χ1n) is 6.74. The zero-order valence-electron chi connectivity index (χ0n) is 11.8. The van der Waals surface area contributed by atoms with Gasteiger partial charge in [-0.05, 0) is 0 Å². The molecule has 0 radical (unpaired) electrons. The Morgan fingerprint density at radius 3 is 2.74 bits per heavy atom. The molecule has 0 spiro atoms. The van der Waals surface area contributed by atoms with E-state index < -0.39 is 44.7 Å². The lowest BCUT2D eigenvalue weighted by atomic mass is 10.0. The Bertz CT molecular complexity index is 762. The second-order valence-electron chi connectivity index (χ2n) is 5.33. The van der Waals surface area contributed by atoms with Crippen molar-refractivity contribution in [1.29, 1.82) is 0 Å². The predicted molar refractivity (Wildman–Crippen MR) is 77.1 cm³/mol. The number of nitrogens with zero attached hydrogens (tertiary/aromatic N) is 4. The molecular formula is C11H16N5O6P. The minimum Gasteiger partial charge on any atom is -0.394 e. The second-order valence-corrected chi connectivity index (χ2v) is 7.03. The largest absolute Gasteiger partial charge is 0.394 e. The van der Waals surface area contributed by atoms with E-state index in [1.165, 1.54) is 17.2 Å². The zero-order chi connectivity index (χ0) is 16.8. The maximum atomic E-state index is 11.4. The molecule has 0 aliphatic carbocycles. The highest BCUT2D eigenvalue weighted by Crippen LogP contribution is 2.46. The SMILES string of the molecule is Nc1ncnc2c1ncn2[C@@H]1O[C@H](CO)[C@@H](O)[C@H]1CP(=O)(O)O. The standard InChI is InChI=1S/C11H16N5O6P/c12-9-7-10(14-3-13-9)16(4-15-7)11-5(2-23(19,20)21)8(18)6(1-17)22-11/h3-6,8,11,17-18H,1-2H2,(H2,12,13,14)(H2,19,20,21)/t5-,6-,8+,11-/m1/s1. The normalized spacial score (nSPS) is 28.5. The van der Waals surface area contributed by atoms with Crippen molar-refractivity contribution in [3.05, 3.63) is 12.7 Å². The van der Waals surface area contributed by atoms with Gasteiger partial charge in [0.15, 0.2) is 11.5 Å². The highest BCUT2D eigenvalue weighted by atomic mass is 31.2. The summed E-state index contributed by atoms with van der Waals surface area (Å²) < 4.78 is 18.3. The average molecular weight is 345 g/mol. The van der Waals surface area contributed by atoms with E-state index in [4.69, 9.17) is 10.5 Å². The molecule has 2 aromatic heterocycles. The van der Waals surface area contributed by atoms with Crippen LogP contribution in [-0.2, 0) is 9.30 Å². The second kappa shape index (κ2) is 5.78. The Morgan fingerprint density at radius 1 is 1.35 bits per heavy atom. The molecular weight excluding hydrogens is 329 g/mol. The van der Waals surface area contributed by atoms with E-state index >= 15 is 0 Å². The molecule has 6 N–H and O–H groups in total. The highest BCUT2D eigenvalue weighted by Gasteiger charge is 2.47. The Kier molecular flexibility index (Phi) is 4.08. The molecule has 0 saturated carbocycles. The molecule has 126 valence electrons. The van der Waals surface area contributed by atoms with Gasteiger partial charge in [0.05, 0.1) is 25.2 Å². The first kappa shape index (κ1) is 16.2. The van der Waals surface area contributed by atoms with Gasteiger partial charge in [-0.2, -0.15) is 0 Å². The summed E-state index contributed by atoms with van der Waals surface area (Å²) in [6.45, 7) is -0.487. The van der Waals surface area contributed by atoms with Gasteiger partial charge in [-0.1, -0.05) is 0 Å². The monoisotopic (exact) mass is 345 g/mol. The Morgan fingerprint density at radius 2 is 2.09 bits per heavy atom. The van der Waals surface area contributed by atoms with Crippen LogP contribution < -0.4 is 5.73 Å². The lowest BCUT2D eigenvalue weighted by molar-refractivity contribution is -0.0447. The minimum absolute atomic E-state index is 0.151. The fraction of sp³-hybridized carbons (Fsp3) is 0.545. The van der Waals surface area contributed by atoms with Crippen LogP contribution in [0.3, 0.4) is 0 Å². The quantitative estimate of drug-likeness (QED) is 0.408. The number of aliphatic hydroxyl groups is 2. The average Bonchev–Trinajstić information content (AvgIpc) is 3.01. The molecule has 4 atom stereocenters. The van der Waals surface area contributed by atoms with Crippen LogP contribution in [0.4, 0.5) is 5.82 Å². The summed E-state index contributed by atoms with van der Waals surface area (Å²) in [4.78, 5) is 30.4. The fourth-order valence-corrected chi connectivity index (χ4v) is 3.70. The van der Waals surface area contributed by atoms with Gasteiger partial charge in [-0.15, -0.1) is 0 Å². The number of hydrogen-bond acceptors (Lipinski definition) is 8. The van der Waals surface area contributed by atoms with Crippen molar-refractivity contribution < 1.29 is 29.3 Å². The van der Waals surface area contributed by atoms with E-state index in [2.05, 4.69) is 15.0 Å². The molecule has 2 aromatic rings. The number of anilines is 1. The summed E-state index contributed by atoms with van der Waals surface area (Å²) in [6, 6.07) is 0. The van der Waals surface area contributed by atoms with Gasteiger partial charge in [0, 0.05) is 5.92 Å². The van der Waals surface area contributed by atoms with E-state index in [0.29, 0.717) is 11.2 Å². The van der Waals surface area contributed by atoms with Crippen LogP contribution in [0.25, 0.3) is 11.2 Å². The predicted octanol–water partition coefficient (Wildman–Crippen LogP) is -1.55. The van der Waals surface area contributed by atoms with Gasteiger partial charge in [0.25, 0.3) is 0 Å². The number of ether oxygens (including phenoxy) is 1. The Balaban J connectivity index is 2.04. The fourth-order valence-electron chi connectivity index (χ4n) is 2.76. The molecule has 0 unspecified atom stereocenters. The first-order valence-corrected chi connectivity index (χ1v) is 8.53. The van der Waals surface area contributed by atoms with Gasteiger partial charge in [0.2, 0.25) is 0 Å². The summed E-state index contributed by atoms with van der Waals surface area (Å²) in [5.74, 6) is -0.792. The van der Waals surface area contributed by atoms with Gasteiger partial charge in [-0.3, -0.25) is 9.13 Å². The molecule has 12 heteroatoms. The molecule has 3 rings (SSSR count). The third kappa shape index (κ3) is 2.94. The van der Waals surface area contributed by atoms with Crippen molar-refractivity contribution in [2.24, 2.45) is 5.92 Å². The lowest BCUT2D eigenvalue weighted by Gasteiger charge is -2.21. The van der Waals surface area contributed by atoms with Crippen LogP contribution in [0.5, 0.6) is 0 Å². The Labute approximate surface area is 129 Å². The topological polar surface area (TPSA) is 177 Å². The molecule has 3 heterocycles. The summed E-state index contributed by atoms with van der Waals surface area (Å²) in [7, 11) is -4.41. The number of hydrogen-bond donors (Lipinski definition) is 5. The molecule has 0 amide bonds. The molecule has 1 saturated heterocycles. The van der Waals surface area contributed by atoms with Gasteiger partial charge >= 0.3 is 7.60 Å². The summed E-state index contributed by atoms with van der Waals surface area (Å²) in [5, 5.41) is 19.5. The van der Waals surface area contributed by atoms with Gasteiger partial charge in [0.1, 0.15) is 24.2 Å². The van der Waals surface area contributed by atoms with Crippen molar-refractivity contribution in [2.45, 2.75) is 18.4 Å². The van der Waals surface area contributed by atoms with Crippen LogP contribution in [0.15, 0.2) is 12.7 Å². The molecule has 1 fully saturated rings. The number of aromatic nitrogens is 4. The number of aliphatic hydroxyl groups excluding tert-OH is 2. The van der Waals surface area contributed by atoms with E-state index in [0.717, 1.165) is 0 Å². The minimum atomic E-state index is -4.41. The van der Waals surface area contributed by atoms with Crippen LogP contribution in [0.1, 0.15) is 6.23 Å². The maximum absolute atomic E-state index is 11.4. The molecule has 23 heavy (non-hydrogen) atoms. The third-order valence-electron chi connectivity index (χ3n) is 3.79. The number of nitrogens with two attached hydrogens (primary N) is 1. The smallest absolute Gasteiger partial charge is 0.326 e. The molecule has 11 nitrogen and oxygen atoms in total. The molecule has 0 bridgehead atoms. The van der Waals surface area contributed by atoms with Crippen molar-refractivity contribution in [3.8, 4) is 0 Å². The number of imidazole rings is 1. The first-order chi connectivity index (χ1) is 10.8. The van der Waals surface area contributed by atoms with E-state index in [1.807, 2.05) is 0 Å². The maximum Gasteiger partial charge on any atom is 0.326 e. The number of rotatable bonds is 4. The van der Waals surface area contributed by atoms with E-state index in [9.17, 15) is 24.6 Å². The third-order valence-corrected chi connectivity index (χ3v) is 4.69. The van der Waals surface area contributed by atoms with Crippen molar-refractivity contribution in [2.75, 3.05) is 18.5 Å². The van der Waals surface area contributed by atoms with Crippen LogP contribution in [0.2, 0.25) is 0 Å². The zero-order valence-corrected chi connectivity index (χ0v) is 12.7. The van der Waals surface area contributed by atoms with Crippen molar-refractivity contribution in [1.82, 2.24) is 19.5 Å². The molecule has 1 aliphatic rings. The number of fused-ring (bicyclic) bond motifs is 1. The van der Waals surface area contributed by atoms with E-state index in [-0.39, 0.29) is 5.82 Å². The van der Waals surface area contributed by atoms with E-state index in [1.54, 1.807) is 0 Å². The lowest BCUT2D eigenvalue weighted by Crippen LogP contribution is -2.31. The van der Waals surface area contributed by atoms with Crippen LogP contribution in [-0.4, -0.2) is 64.5 Å². The summed E-state index contributed by atoms with van der Waals surface area (Å²) in [5.41, 5.74) is 6.33. The molecule has 1 aliphatic heterocycles. The van der Waals surface area contributed by atoms with Gasteiger partial charge < -0.3 is 30.5 Å². The Hall–Kier alpha value is -1.62. The molecule has 0 aromatic carbocycles. The highest BCUT2D eigenvalue weighted by molar-refractivity contribution is 7.51. The van der Waals surface area contributed by atoms with Crippen molar-refractivity contribution in [3.63, 3.8) is 0 Å². The van der Waals surface area contributed by atoms with Crippen molar-refractivity contribution >= 4 is 24.6 Å². The summed E-state index contributed by atoms with van der Waals surface area (Å²) >= 11 is 0. The van der Waals surface area contributed by atoms with Gasteiger partial charge in [-0.25, -0.2) is 15.0 Å². The van der Waals surface area contributed by atoms with Crippen LogP contribution in [0, 0.1) is 5.92 Å². The van der Waals surface area contributed by atoms with Crippen LogP contribution >= 0.6 is 7.60 Å².